The van der Waals surface area contributed by atoms with Crippen molar-refractivity contribution in [2.24, 2.45) is 0 Å². The second kappa shape index (κ2) is 7.84. The first-order chi connectivity index (χ1) is 15.1. The lowest BCUT2D eigenvalue weighted by molar-refractivity contribution is 0.0691. The van der Waals surface area contributed by atoms with Crippen LogP contribution in [-0.2, 0) is 6.42 Å². The van der Waals surface area contributed by atoms with E-state index in [0.717, 1.165) is 16.7 Å². The number of aromatic nitrogens is 1. The molecule has 0 radical (unpaired) electrons. The van der Waals surface area contributed by atoms with Crippen molar-refractivity contribution in [2.75, 3.05) is 6.54 Å². The van der Waals surface area contributed by atoms with Crippen molar-refractivity contribution >= 4 is 5.91 Å². The van der Waals surface area contributed by atoms with E-state index in [1.807, 2.05) is 54.6 Å². The minimum Gasteiger partial charge on any atom is -0.360 e. The highest BCUT2D eigenvalue weighted by molar-refractivity contribution is 6.01. The van der Waals surface area contributed by atoms with E-state index in [9.17, 15) is 9.18 Å². The summed E-state index contributed by atoms with van der Waals surface area (Å²) < 4.78 is 20.3. The first-order valence-electron chi connectivity index (χ1n) is 10.3. The molecule has 0 saturated heterocycles. The standard InChI is InChI=1S/C26H21FN2O2/c1-17-23(24(28-31-17)19-10-3-2-4-11-19)26(30)29-16-15-18-9-5-6-12-20(18)25(29)21-13-7-8-14-22(21)27/h2-14,25H,15-16H2,1H3/t25-/m1/s1. The smallest absolute Gasteiger partial charge is 0.260 e. The van der Waals surface area contributed by atoms with E-state index in [0.29, 0.717) is 35.5 Å². The fourth-order valence-electron chi connectivity index (χ4n) is 4.38. The number of amides is 1. The number of fused-ring (bicyclic) bond motifs is 1. The molecule has 0 N–H and O–H groups in total. The van der Waals surface area contributed by atoms with Crippen LogP contribution in [0.2, 0.25) is 0 Å². The molecule has 0 spiro atoms. The molecule has 4 nitrogen and oxygen atoms in total. The number of hydrogen-bond donors (Lipinski definition) is 0. The van der Waals surface area contributed by atoms with Crippen LogP contribution in [0.4, 0.5) is 4.39 Å². The van der Waals surface area contributed by atoms with Gasteiger partial charge in [0.2, 0.25) is 0 Å². The molecule has 4 aromatic rings. The first kappa shape index (κ1) is 19.2. The van der Waals surface area contributed by atoms with Crippen LogP contribution in [0.3, 0.4) is 0 Å². The van der Waals surface area contributed by atoms with Gasteiger partial charge in [-0.15, -0.1) is 0 Å². The Kier molecular flexibility index (Phi) is 4.86. The molecule has 1 atom stereocenters. The third-order valence-corrected chi connectivity index (χ3v) is 5.87. The lowest BCUT2D eigenvalue weighted by atomic mass is 9.87. The van der Waals surface area contributed by atoms with Crippen LogP contribution in [0.5, 0.6) is 0 Å². The van der Waals surface area contributed by atoms with Crippen molar-refractivity contribution in [2.45, 2.75) is 19.4 Å². The van der Waals surface area contributed by atoms with Gasteiger partial charge in [-0.05, 0) is 30.5 Å². The molecule has 5 rings (SSSR count). The highest BCUT2D eigenvalue weighted by atomic mass is 19.1. The summed E-state index contributed by atoms with van der Waals surface area (Å²) in [4.78, 5) is 15.6. The number of aryl methyl sites for hydroxylation is 1. The molecule has 1 amide bonds. The van der Waals surface area contributed by atoms with E-state index in [1.54, 1.807) is 30.0 Å². The van der Waals surface area contributed by atoms with Gasteiger partial charge in [-0.1, -0.05) is 78.0 Å². The highest BCUT2D eigenvalue weighted by Gasteiger charge is 2.36. The van der Waals surface area contributed by atoms with Crippen molar-refractivity contribution in [3.05, 3.63) is 113 Å². The van der Waals surface area contributed by atoms with Gasteiger partial charge in [0.1, 0.15) is 22.8 Å². The van der Waals surface area contributed by atoms with Gasteiger partial charge in [0.15, 0.2) is 0 Å². The van der Waals surface area contributed by atoms with Gasteiger partial charge in [0.25, 0.3) is 5.91 Å². The van der Waals surface area contributed by atoms with E-state index in [1.165, 1.54) is 6.07 Å². The molecule has 0 saturated carbocycles. The minimum atomic E-state index is -0.517. The second-order valence-corrected chi connectivity index (χ2v) is 7.70. The summed E-state index contributed by atoms with van der Waals surface area (Å²) >= 11 is 0. The molecular formula is C26H21FN2O2. The third-order valence-electron chi connectivity index (χ3n) is 5.87. The largest absolute Gasteiger partial charge is 0.360 e. The predicted molar refractivity (Wildman–Crippen MR) is 116 cm³/mol. The second-order valence-electron chi connectivity index (χ2n) is 7.70. The Bertz CT molecular complexity index is 1250. The number of benzene rings is 3. The van der Waals surface area contributed by atoms with Gasteiger partial charge in [0, 0.05) is 17.7 Å². The molecule has 154 valence electrons. The fourth-order valence-corrected chi connectivity index (χ4v) is 4.38. The Morgan fingerprint density at radius 1 is 0.968 bits per heavy atom. The molecule has 2 heterocycles. The van der Waals surface area contributed by atoms with Crippen LogP contribution in [0.15, 0.2) is 83.4 Å². The van der Waals surface area contributed by atoms with Gasteiger partial charge in [-0.2, -0.15) is 0 Å². The maximum absolute atomic E-state index is 14.9. The monoisotopic (exact) mass is 412 g/mol. The number of carbonyl (C=O) groups is 1. The molecule has 1 aromatic heterocycles. The summed E-state index contributed by atoms with van der Waals surface area (Å²) in [5.41, 5.74) is 4.30. The van der Waals surface area contributed by atoms with Crippen LogP contribution in [-0.4, -0.2) is 22.5 Å². The molecule has 0 unspecified atom stereocenters. The van der Waals surface area contributed by atoms with Crippen LogP contribution < -0.4 is 0 Å². The number of carbonyl (C=O) groups excluding carboxylic acids is 1. The normalized spacial score (nSPS) is 15.5. The molecule has 0 aliphatic carbocycles. The van der Waals surface area contributed by atoms with E-state index in [4.69, 9.17) is 4.52 Å². The molecule has 0 bridgehead atoms. The van der Waals surface area contributed by atoms with Crippen molar-refractivity contribution in [3.63, 3.8) is 0 Å². The topological polar surface area (TPSA) is 46.3 Å². The fraction of sp³-hybridized carbons (Fsp3) is 0.154. The zero-order valence-electron chi connectivity index (χ0n) is 17.1. The highest BCUT2D eigenvalue weighted by Crippen LogP contribution is 2.38. The van der Waals surface area contributed by atoms with Crippen LogP contribution in [0, 0.1) is 12.7 Å². The third kappa shape index (κ3) is 3.32. The Morgan fingerprint density at radius 2 is 1.65 bits per heavy atom. The maximum Gasteiger partial charge on any atom is 0.260 e. The summed E-state index contributed by atoms with van der Waals surface area (Å²) in [5, 5.41) is 4.16. The number of nitrogens with zero attached hydrogens (tertiary/aromatic N) is 2. The van der Waals surface area contributed by atoms with Gasteiger partial charge in [-0.3, -0.25) is 4.79 Å². The van der Waals surface area contributed by atoms with E-state index >= 15 is 0 Å². The predicted octanol–water partition coefficient (Wildman–Crippen LogP) is 5.58. The summed E-state index contributed by atoms with van der Waals surface area (Å²) in [6.45, 7) is 2.22. The summed E-state index contributed by atoms with van der Waals surface area (Å²) in [5.74, 6) is -0.0809. The lowest BCUT2D eigenvalue weighted by Crippen LogP contribution is -2.41. The van der Waals surface area contributed by atoms with Crippen LogP contribution in [0.25, 0.3) is 11.3 Å². The van der Waals surface area contributed by atoms with Gasteiger partial charge < -0.3 is 9.42 Å². The van der Waals surface area contributed by atoms with Gasteiger partial charge >= 0.3 is 0 Å². The Morgan fingerprint density at radius 3 is 2.42 bits per heavy atom. The Balaban J connectivity index is 1.64. The zero-order chi connectivity index (χ0) is 21.4. The van der Waals surface area contributed by atoms with Crippen molar-refractivity contribution in [1.29, 1.82) is 0 Å². The first-order valence-corrected chi connectivity index (χ1v) is 10.3. The quantitative estimate of drug-likeness (QED) is 0.441. The number of hydrogen-bond acceptors (Lipinski definition) is 3. The van der Waals surface area contributed by atoms with Crippen LogP contribution >= 0.6 is 0 Å². The van der Waals surface area contributed by atoms with E-state index in [2.05, 4.69) is 5.16 Å². The van der Waals surface area contributed by atoms with Crippen molar-refractivity contribution in [3.8, 4) is 11.3 Å². The Labute approximate surface area is 179 Å². The zero-order valence-corrected chi connectivity index (χ0v) is 17.1. The van der Waals surface area contributed by atoms with Gasteiger partial charge in [-0.25, -0.2) is 4.39 Å². The van der Waals surface area contributed by atoms with Crippen molar-refractivity contribution < 1.29 is 13.7 Å². The molecule has 1 aliphatic heterocycles. The van der Waals surface area contributed by atoms with Crippen molar-refractivity contribution in [1.82, 2.24) is 10.1 Å². The van der Waals surface area contributed by atoms with Crippen LogP contribution in [0.1, 0.15) is 38.9 Å². The number of rotatable bonds is 3. The van der Waals surface area contributed by atoms with E-state index < -0.39 is 6.04 Å². The SMILES string of the molecule is Cc1onc(-c2ccccc2)c1C(=O)N1CCc2ccccc2[C@@H]1c1ccccc1F. The molecule has 3 aromatic carbocycles. The molecule has 0 fully saturated rings. The molecule has 5 heteroatoms. The summed E-state index contributed by atoms with van der Waals surface area (Å²) in [7, 11) is 0. The Hall–Kier alpha value is -3.73. The molecular weight excluding hydrogens is 391 g/mol. The lowest BCUT2D eigenvalue weighted by Gasteiger charge is -2.38. The summed E-state index contributed by atoms with van der Waals surface area (Å²) in [6, 6.07) is 23.6. The minimum absolute atomic E-state index is 0.208. The summed E-state index contributed by atoms with van der Waals surface area (Å²) in [6.07, 6.45) is 0.706. The van der Waals surface area contributed by atoms with Gasteiger partial charge in [0.05, 0.1) is 6.04 Å². The molecule has 1 aliphatic rings. The van der Waals surface area contributed by atoms with E-state index in [-0.39, 0.29) is 11.7 Å². The average Bonchev–Trinajstić information content (AvgIpc) is 3.20. The maximum atomic E-state index is 14.9. The average molecular weight is 412 g/mol. The molecule has 31 heavy (non-hydrogen) atoms. The number of halogens is 1.